The van der Waals surface area contributed by atoms with Crippen LogP contribution >= 0.6 is 0 Å². The van der Waals surface area contributed by atoms with E-state index >= 15 is 0 Å². The number of amides is 1. The summed E-state index contributed by atoms with van der Waals surface area (Å²) in [5.74, 6) is 0.126. The Balaban J connectivity index is 1.70. The van der Waals surface area contributed by atoms with E-state index in [0.29, 0.717) is 23.8 Å². The predicted molar refractivity (Wildman–Crippen MR) is 85.7 cm³/mol. The summed E-state index contributed by atoms with van der Waals surface area (Å²) in [5, 5.41) is 0. The molecule has 1 aliphatic carbocycles. The van der Waals surface area contributed by atoms with Crippen LogP contribution in [0.5, 0.6) is 0 Å². The number of hydrogen-bond donors (Lipinski definition) is 0. The van der Waals surface area contributed by atoms with Crippen molar-refractivity contribution < 1.29 is 4.79 Å². The van der Waals surface area contributed by atoms with Gasteiger partial charge in [0.1, 0.15) is 5.69 Å². The smallest absolute Gasteiger partial charge is 0.272 e. The van der Waals surface area contributed by atoms with E-state index < -0.39 is 0 Å². The summed E-state index contributed by atoms with van der Waals surface area (Å²) in [6, 6.07) is 7.27. The maximum Gasteiger partial charge on any atom is 0.272 e. The number of likely N-dealkylation sites (tertiary alicyclic amines) is 2. The number of carbonyl (C=O) groups is 1. The van der Waals surface area contributed by atoms with Crippen LogP contribution in [0.3, 0.4) is 0 Å². The van der Waals surface area contributed by atoms with E-state index in [1.165, 1.54) is 19.3 Å². The Morgan fingerprint density at radius 3 is 2.86 bits per heavy atom. The van der Waals surface area contributed by atoms with Crippen molar-refractivity contribution in [3.05, 3.63) is 29.6 Å². The van der Waals surface area contributed by atoms with Gasteiger partial charge < -0.3 is 4.90 Å². The van der Waals surface area contributed by atoms with E-state index in [1.807, 2.05) is 25.1 Å². The van der Waals surface area contributed by atoms with Gasteiger partial charge in [-0.3, -0.25) is 9.69 Å². The van der Waals surface area contributed by atoms with Gasteiger partial charge in [0, 0.05) is 35.8 Å². The topological polar surface area (TPSA) is 36.4 Å². The fourth-order valence-electron chi connectivity index (χ4n) is 5.33. The number of fused-ring (bicyclic) bond motifs is 1. The maximum atomic E-state index is 13.1. The summed E-state index contributed by atoms with van der Waals surface area (Å²) >= 11 is 0. The summed E-state index contributed by atoms with van der Waals surface area (Å²) in [6.45, 7) is 5.21. The Labute approximate surface area is 132 Å². The lowest BCUT2D eigenvalue weighted by Gasteiger charge is -2.50. The van der Waals surface area contributed by atoms with Crippen molar-refractivity contribution in [2.75, 3.05) is 13.6 Å². The standard InChI is InChI=1S/C18H25N3O/c1-12-6-4-7-14(19-12)17(22)21-11-13-10-18(2)15(20(13)3)8-5-9-16(18)21/h4,6-7,13,15-16H,5,8-11H2,1-3H3/t13-,15-,16+,18-/m0/s1. The average Bonchev–Trinajstić information content (AvgIpc) is 2.75. The molecule has 1 amide bonds. The monoisotopic (exact) mass is 299 g/mol. The molecule has 0 radical (unpaired) electrons. The van der Waals surface area contributed by atoms with Crippen LogP contribution in [0.1, 0.15) is 48.8 Å². The van der Waals surface area contributed by atoms with Crippen molar-refractivity contribution in [3.8, 4) is 0 Å². The van der Waals surface area contributed by atoms with Gasteiger partial charge in [0.2, 0.25) is 0 Å². The van der Waals surface area contributed by atoms with Crippen LogP contribution in [0.15, 0.2) is 18.2 Å². The Hall–Kier alpha value is -1.42. The molecule has 0 unspecified atom stereocenters. The summed E-state index contributed by atoms with van der Waals surface area (Å²) < 4.78 is 0. The summed E-state index contributed by atoms with van der Waals surface area (Å²) in [5.41, 5.74) is 1.78. The summed E-state index contributed by atoms with van der Waals surface area (Å²) in [7, 11) is 2.25. The van der Waals surface area contributed by atoms with Gasteiger partial charge in [-0.2, -0.15) is 0 Å². The van der Waals surface area contributed by atoms with Crippen molar-refractivity contribution in [3.63, 3.8) is 0 Å². The molecule has 118 valence electrons. The number of nitrogens with zero attached hydrogens (tertiary/aromatic N) is 3. The first-order valence-corrected chi connectivity index (χ1v) is 8.47. The van der Waals surface area contributed by atoms with Crippen LogP contribution in [0.2, 0.25) is 0 Å². The largest absolute Gasteiger partial charge is 0.332 e. The van der Waals surface area contributed by atoms with Crippen molar-refractivity contribution in [1.82, 2.24) is 14.8 Å². The van der Waals surface area contributed by atoms with E-state index in [0.717, 1.165) is 18.7 Å². The number of rotatable bonds is 1. The maximum absolute atomic E-state index is 13.1. The second-order valence-corrected chi connectivity index (χ2v) is 7.61. The second kappa shape index (κ2) is 4.79. The van der Waals surface area contributed by atoms with Gasteiger partial charge in [0.25, 0.3) is 5.91 Å². The lowest BCUT2D eigenvalue weighted by Crippen LogP contribution is -2.57. The number of aryl methyl sites for hydroxylation is 1. The highest BCUT2D eigenvalue weighted by atomic mass is 16.2. The highest BCUT2D eigenvalue weighted by Crippen LogP contribution is 2.53. The highest BCUT2D eigenvalue weighted by molar-refractivity contribution is 5.92. The van der Waals surface area contributed by atoms with Gasteiger partial charge in [-0.1, -0.05) is 13.0 Å². The molecule has 2 aliphatic heterocycles. The first-order chi connectivity index (χ1) is 10.5. The zero-order valence-electron chi connectivity index (χ0n) is 13.7. The van der Waals surface area contributed by atoms with E-state index in [1.54, 1.807) is 0 Å². The molecular weight excluding hydrogens is 274 g/mol. The Kier molecular flexibility index (Phi) is 3.09. The fourth-order valence-corrected chi connectivity index (χ4v) is 5.33. The van der Waals surface area contributed by atoms with E-state index in [4.69, 9.17) is 0 Å². The zero-order chi connectivity index (χ0) is 15.5. The number of aromatic nitrogens is 1. The lowest BCUT2D eigenvalue weighted by molar-refractivity contribution is 0.0113. The van der Waals surface area contributed by atoms with E-state index in [-0.39, 0.29) is 11.3 Å². The number of likely N-dealkylation sites (N-methyl/N-ethyl adjacent to an activating group) is 1. The molecule has 1 aromatic heterocycles. The summed E-state index contributed by atoms with van der Waals surface area (Å²) in [4.78, 5) is 22.2. The van der Waals surface area contributed by atoms with Gasteiger partial charge in [-0.25, -0.2) is 4.98 Å². The molecule has 3 heterocycles. The zero-order valence-corrected chi connectivity index (χ0v) is 13.7. The third-order valence-corrected chi connectivity index (χ3v) is 6.37. The third-order valence-electron chi connectivity index (χ3n) is 6.37. The van der Waals surface area contributed by atoms with Crippen LogP contribution in [-0.4, -0.2) is 52.4 Å². The average molecular weight is 299 g/mol. The molecule has 22 heavy (non-hydrogen) atoms. The number of hydrogen-bond acceptors (Lipinski definition) is 3. The van der Waals surface area contributed by atoms with Gasteiger partial charge >= 0.3 is 0 Å². The number of carbonyl (C=O) groups excluding carboxylic acids is 1. The minimum atomic E-state index is 0.126. The molecule has 1 aromatic rings. The predicted octanol–water partition coefficient (Wildman–Crippen LogP) is 2.48. The van der Waals surface area contributed by atoms with Crippen molar-refractivity contribution in [1.29, 1.82) is 0 Å². The molecule has 4 heteroatoms. The fraction of sp³-hybridized carbons (Fsp3) is 0.667. The second-order valence-electron chi connectivity index (χ2n) is 7.61. The first-order valence-electron chi connectivity index (χ1n) is 8.47. The van der Waals surface area contributed by atoms with Crippen LogP contribution in [-0.2, 0) is 0 Å². The third kappa shape index (κ3) is 1.86. The number of pyridine rings is 1. The minimum absolute atomic E-state index is 0.126. The molecule has 3 aliphatic rings. The van der Waals surface area contributed by atoms with Gasteiger partial charge in [0.15, 0.2) is 0 Å². The lowest BCUT2D eigenvalue weighted by atomic mass is 9.66. The molecule has 3 fully saturated rings. The Morgan fingerprint density at radius 1 is 1.32 bits per heavy atom. The van der Waals surface area contributed by atoms with Crippen LogP contribution in [0.4, 0.5) is 0 Å². The van der Waals surface area contributed by atoms with Crippen molar-refractivity contribution in [2.24, 2.45) is 5.41 Å². The van der Waals surface area contributed by atoms with Crippen molar-refractivity contribution in [2.45, 2.75) is 57.7 Å². The SMILES string of the molecule is Cc1cccc(C(=O)N2C[C@@H]3C[C@@]4(C)[C@H](CCC[C@@H]24)N3C)n1. The van der Waals surface area contributed by atoms with Gasteiger partial charge in [-0.15, -0.1) is 0 Å². The van der Waals surface area contributed by atoms with Crippen molar-refractivity contribution >= 4 is 5.91 Å². The van der Waals surface area contributed by atoms with Gasteiger partial charge in [0.05, 0.1) is 0 Å². The molecule has 0 N–H and O–H groups in total. The normalized spacial score (nSPS) is 37.4. The quantitative estimate of drug-likeness (QED) is 0.799. The molecule has 4 nitrogen and oxygen atoms in total. The highest BCUT2D eigenvalue weighted by Gasteiger charge is 2.59. The number of piperidine rings is 1. The van der Waals surface area contributed by atoms with E-state index in [9.17, 15) is 4.79 Å². The molecule has 1 saturated carbocycles. The molecular formula is C18H25N3O. The Bertz CT molecular complexity index is 616. The van der Waals surface area contributed by atoms with Crippen LogP contribution in [0.25, 0.3) is 0 Å². The minimum Gasteiger partial charge on any atom is -0.332 e. The summed E-state index contributed by atoms with van der Waals surface area (Å²) in [6.07, 6.45) is 4.90. The van der Waals surface area contributed by atoms with Crippen LogP contribution < -0.4 is 0 Å². The van der Waals surface area contributed by atoms with Gasteiger partial charge in [-0.05, 0) is 51.8 Å². The van der Waals surface area contributed by atoms with Crippen LogP contribution in [0, 0.1) is 12.3 Å². The molecule has 2 saturated heterocycles. The molecule has 0 spiro atoms. The molecule has 4 atom stereocenters. The van der Waals surface area contributed by atoms with E-state index in [2.05, 4.69) is 28.8 Å². The molecule has 2 bridgehead atoms. The molecule has 0 aromatic carbocycles. The first kappa shape index (κ1) is 14.2. The Morgan fingerprint density at radius 2 is 2.09 bits per heavy atom. The molecule has 4 rings (SSSR count).